The fraction of sp³-hybridized carbons (Fsp3) is 0.623. The number of rotatable bonds is 47. The van der Waals surface area contributed by atoms with Crippen LogP contribution < -0.4 is 0 Å². The van der Waals surface area contributed by atoms with Crippen molar-refractivity contribution in [1.29, 1.82) is 0 Å². The maximum Gasteiger partial charge on any atom is 0.472 e. The van der Waals surface area contributed by atoms with E-state index in [1.807, 2.05) is 12.2 Å². The lowest BCUT2D eigenvalue weighted by Crippen LogP contribution is -2.25. The Bertz CT molecular complexity index is 1670. The van der Waals surface area contributed by atoms with E-state index >= 15 is 0 Å². The van der Waals surface area contributed by atoms with E-state index in [9.17, 15) is 43.8 Å². The molecule has 0 aromatic heterocycles. The monoisotopic (exact) mass is 1030 g/mol. The van der Waals surface area contributed by atoms with Crippen LogP contribution in [0.25, 0.3) is 0 Å². The molecule has 5 atom stereocenters. The van der Waals surface area contributed by atoms with Gasteiger partial charge >= 0.3 is 27.6 Å². The molecular formula is C53H88O15P2. The van der Waals surface area contributed by atoms with Crippen LogP contribution in [-0.4, -0.2) is 95.0 Å². The van der Waals surface area contributed by atoms with E-state index in [0.29, 0.717) is 19.3 Å². The zero-order valence-electron chi connectivity index (χ0n) is 42.1. The molecule has 0 bridgehead atoms. The second-order valence-electron chi connectivity index (χ2n) is 16.4. The van der Waals surface area contributed by atoms with Crippen LogP contribution in [0.5, 0.6) is 0 Å². The van der Waals surface area contributed by atoms with Crippen molar-refractivity contribution in [1.82, 2.24) is 0 Å². The minimum Gasteiger partial charge on any atom is -0.463 e. The summed E-state index contributed by atoms with van der Waals surface area (Å²) in [5.74, 6) is -1.08. The predicted octanol–water partition coefficient (Wildman–Crippen LogP) is 12.1. The van der Waals surface area contributed by atoms with Gasteiger partial charge in [-0.3, -0.25) is 27.7 Å². The number of aliphatic hydroxyl groups is 3. The minimum atomic E-state index is -4.81. The molecule has 0 saturated carbocycles. The minimum absolute atomic E-state index is 0.115. The molecule has 5 N–H and O–H groups in total. The number of ether oxygens (including phenoxy) is 2. The quantitative estimate of drug-likeness (QED) is 0.0165. The Labute approximate surface area is 420 Å². The average molecular weight is 1030 g/mol. The Morgan fingerprint density at radius 1 is 0.386 bits per heavy atom. The maximum atomic E-state index is 12.2. The summed E-state index contributed by atoms with van der Waals surface area (Å²) in [6, 6.07) is 0. The molecule has 0 amide bonds. The summed E-state index contributed by atoms with van der Waals surface area (Å²) in [4.78, 5) is 43.8. The first-order chi connectivity index (χ1) is 33.8. The Kier molecular flexibility index (Phi) is 45.7. The van der Waals surface area contributed by atoms with E-state index in [0.717, 1.165) is 89.9 Å². The van der Waals surface area contributed by atoms with Gasteiger partial charge in [0.2, 0.25) is 0 Å². The SMILES string of the molecule is CC/C=C\C/C=C\C/C=C\C/C=C\C/C=C\CCCCCCCC(=O)OCC(O)COP(=O)(O)OCC(O)COP(=O)(O)OCC(O)COC(=O)CCC/C=C\C/C=C\C/C=C\C/C=C\CCCCC. The normalized spacial score (nSPS) is 15.8. The van der Waals surface area contributed by atoms with Crippen molar-refractivity contribution in [2.45, 2.75) is 173 Å². The number of phosphoric ester groups is 2. The molecule has 0 spiro atoms. The molecule has 0 radical (unpaired) electrons. The van der Waals surface area contributed by atoms with Crippen LogP contribution >= 0.6 is 15.6 Å². The number of hydrogen-bond donors (Lipinski definition) is 5. The first-order valence-corrected chi connectivity index (χ1v) is 28.2. The number of phosphoric acid groups is 2. The number of esters is 2. The van der Waals surface area contributed by atoms with Crippen LogP contribution in [0.4, 0.5) is 0 Å². The van der Waals surface area contributed by atoms with Crippen molar-refractivity contribution in [3.8, 4) is 0 Å². The van der Waals surface area contributed by atoms with Gasteiger partial charge in [-0.05, 0) is 96.3 Å². The van der Waals surface area contributed by atoms with Gasteiger partial charge in [0.15, 0.2) is 0 Å². The molecule has 0 fully saturated rings. The van der Waals surface area contributed by atoms with Crippen LogP contribution in [0.1, 0.15) is 155 Å². The zero-order chi connectivity index (χ0) is 51.7. The molecule has 0 aliphatic rings. The lowest BCUT2D eigenvalue weighted by atomic mass is 10.1. The average Bonchev–Trinajstić information content (AvgIpc) is 3.34. The second kappa shape index (κ2) is 48.0. The van der Waals surface area contributed by atoms with Gasteiger partial charge in [0.25, 0.3) is 0 Å². The molecule has 0 aliphatic carbocycles. The molecule has 400 valence electrons. The molecule has 15 nitrogen and oxygen atoms in total. The second-order valence-corrected chi connectivity index (χ2v) is 19.3. The molecule has 0 heterocycles. The Morgan fingerprint density at radius 2 is 0.671 bits per heavy atom. The summed E-state index contributed by atoms with van der Waals surface area (Å²) in [7, 11) is -9.61. The van der Waals surface area contributed by atoms with E-state index in [1.54, 1.807) is 0 Å². The third-order valence-electron chi connectivity index (χ3n) is 9.71. The van der Waals surface area contributed by atoms with Crippen molar-refractivity contribution < 1.29 is 71.4 Å². The largest absolute Gasteiger partial charge is 0.472 e. The summed E-state index contributed by atoms with van der Waals surface area (Å²) < 4.78 is 53.0. The third kappa shape index (κ3) is 49.7. The Hall–Kier alpha value is -3.30. The lowest BCUT2D eigenvalue weighted by Gasteiger charge is -2.19. The molecule has 0 aliphatic heterocycles. The number of carbonyl (C=O) groups is 2. The number of aliphatic hydroxyl groups excluding tert-OH is 3. The predicted molar refractivity (Wildman–Crippen MR) is 279 cm³/mol. The van der Waals surface area contributed by atoms with Crippen LogP contribution in [-0.2, 0) is 46.3 Å². The molecule has 5 unspecified atom stereocenters. The number of hydrogen-bond acceptors (Lipinski definition) is 13. The highest BCUT2D eigenvalue weighted by molar-refractivity contribution is 7.47. The van der Waals surface area contributed by atoms with E-state index in [1.165, 1.54) is 19.3 Å². The highest BCUT2D eigenvalue weighted by Crippen LogP contribution is 2.45. The number of carbonyl (C=O) groups excluding carboxylic acids is 2. The summed E-state index contributed by atoms with van der Waals surface area (Å²) in [5, 5.41) is 30.1. The van der Waals surface area contributed by atoms with Gasteiger partial charge in [-0.1, -0.05) is 155 Å². The molecule has 70 heavy (non-hydrogen) atoms. The van der Waals surface area contributed by atoms with E-state index in [4.69, 9.17) is 9.47 Å². The summed E-state index contributed by atoms with van der Waals surface area (Å²) in [5.41, 5.74) is 0. The number of unbranched alkanes of at least 4 members (excludes halogenated alkanes) is 9. The first kappa shape index (κ1) is 66.7. The van der Waals surface area contributed by atoms with E-state index in [-0.39, 0.29) is 12.8 Å². The van der Waals surface area contributed by atoms with Gasteiger partial charge in [-0.2, -0.15) is 0 Å². The summed E-state index contributed by atoms with van der Waals surface area (Å²) in [6.07, 6.45) is 53.6. The van der Waals surface area contributed by atoms with Gasteiger partial charge in [-0.15, -0.1) is 0 Å². The van der Waals surface area contributed by atoms with Gasteiger partial charge in [0, 0.05) is 12.8 Å². The number of allylic oxidation sites excluding steroid dienone is 18. The molecule has 0 rings (SSSR count). The fourth-order valence-electron chi connectivity index (χ4n) is 5.82. The topological polar surface area (TPSA) is 225 Å². The molecule has 0 aromatic rings. The van der Waals surface area contributed by atoms with Gasteiger partial charge < -0.3 is 34.6 Å². The third-order valence-corrected chi connectivity index (χ3v) is 11.6. The molecule has 17 heteroatoms. The smallest absolute Gasteiger partial charge is 0.463 e. The van der Waals surface area contributed by atoms with Gasteiger partial charge in [0.05, 0.1) is 26.4 Å². The Morgan fingerprint density at radius 3 is 1.04 bits per heavy atom. The van der Waals surface area contributed by atoms with E-state index in [2.05, 4.69) is 129 Å². The van der Waals surface area contributed by atoms with Crippen molar-refractivity contribution in [2.75, 3.05) is 39.6 Å². The highest BCUT2D eigenvalue weighted by atomic mass is 31.2. The van der Waals surface area contributed by atoms with Crippen molar-refractivity contribution in [2.24, 2.45) is 0 Å². The van der Waals surface area contributed by atoms with Gasteiger partial charge in [-0.25, -0.2) is 9.13 Å². The fourth-order valence-corrected chi connectivity index (χ4v) is 7.41. The van der Waals surface area contributed by atoms with Crippen LogP contribution in [0, 0.1) is 0 Å². The molecule has 0 aromatic carbocycles. The molecular weight excluding hydrogens is 939 g/mol. The standard InChI is InChI=1S/C53H88O15P2/c1-3-5-7-9-11-13-15-17-19-21-22-23-24-26-28-30-32-34-36-38-40-42-53(58)64-44-50(55)46-66-70(61,62)68-48-51(56)47-67-69(59,60)65-45-49(54)43-63-52(57)41-39-37-35-33-31-29-27-25-20-18-16-14-12-10-8-6-4-2/h5,7,11-14,17-20,22-23,26-29,33,35,49-51,54-56H,3-4,6,8-10,15-16,21,24-25,30-32,34,36-48H2,1-2H3,(H,59,60)(H,61,62)/b7-5-,13-11-,14-12-,19-17-,20-18-,23-22-,28-26-,29-27-,35-33-. The summed E-state index contributed by atoms with van der Waals surface area (Å²) >= 11 is 0. The zero-order valence-corrected chi connectivity index (χ0v) is 43.9. The maximum absolute atomic E-state index is 12.2. The van der Waals surface area contributed by atoms with Crippen LogP contribution in [0.2, 0.25) is 0 Å². The highest BCUT2D eigenvalue weighted by Gasteiger charge is 2.28. The van der Waals surface area contributed by atoms with E-state index < -0.39 is 85.5 Å². The Balaban J connectivity index is 3.96. The van der Waals surface area contributed by atoms with Crippen LogP contribution in [0.15, 0.2) is 109 Å². The summed E-state index contributed by atoms with van der Waals surface area (Å²) in [6.45, 7) is 0.164. The van der Waals surface area contributed by atoms with Crippen molar-refractivity contribution in [3.05, 3.63) is 109 Å². The van der Waals surface area contributed by atoms with Crippen molar-refractivity contribution >= 4 is 27.6 Å². The van der Waals surface area contributed by atoms with Gasteiger partial charge in [0.1, 0.15) is 31.5 Å². The first-order valence-electron chi connectivity index (χ1n) is 25.2. The lowest BCUT2D eigenvalue weighted by molar-refractivity contribution is -0.148. The van der Waals surface area contributed by atoms with Crippen LogP contribution in [0.3, 0.4) is 0 Å². The molecule has 0 saturated heterocycles. The van der Waals surface area contributed by atoms with Crippen molar-refractivity contribution in [3.63, 3.8) is 0 Å².